The van der Waals surface area contributed by atoms with Crippen molar-refractivity contribution in [2.24, 2.45) is 5.92 Å². The molecule has 2 aliphatic heterocycles. The number of piperidine rings is 1. The molecule has 1 aromatic carbocycles. The molecule has 1 fully saturated rings. The molecular formula is C21H22N2O2S. The summed E-state index contributed by atoms with van der Waals surface area (Å²) >= 11 is 1.51. The van der Waals surface area contributed by atoms with Crippen LogP contribution in [0.5, 0.6) is 0 Å². The highest BCUT2D eigenvalue weighted by atomic mass is 32.1. The third-order valence-corrected chi connectivity index (χ3v) is 6.04. The highest BCUT2D eigenvalue weighted by molar-refractivity contribution is 7.11. The van der Waals surface area contributed by atoms with Crippen molar-refractivity contribution in [3.63, 3.8) is 0 Å². The summed E-state index contributed by atoms with van der Waals surface area (Å²) < 4.78 is 0. The molecule has 4 nitrogen and oxygen atoms in total. The summed E-state index contributed by atoms with van der Waals surface area (Å²) in [4.78, 5) is 31.1. The molecule has 3 heterocycles. The molecule has 1 unspecified atom stereocenters. The summed E-state index contributed by atoms with van der Waals surface area (Å²) in [5.41, 5.74) is 2.74. The second-order valence-electron chi connectivity index (χ2n) is 7.13. The lowest BCUT2D eigenvalue weighted by Gasteiger charge is -2.33. The fourth-order valence-corrected chi connectivity index (χ4v) is 4.64. The molecule has 0 radical (unpaired) electrons. The van der Waals surface area contributed by atoms with Crippen molar-refractivity contribution in [2.45, 2.75) is 26.7 Å². The number of hydrogen-bond acceptors (Lipinski definition) is 4. The van der Waals surface area contributed by atoms with E-state index in [9.17, 15) is 9.59 Å². The van der Waals surface area contributed by atoms with Crippen LogP contribution in [0.2, 0.25) is 0 Å². The number of anilines is 1. The number of carbonyl (C=O) groups is 2. The third-order valence-electron chi connectivity index (χ3n) is 5.16. The SMILES string of the molecule is Cc1ccccc1N1C(=O)C(c2cccs2)=C(N2CCCC(C)C2)C1=O. The van der Waals surface area contributed by atoms with Gasteiger partial charge < -0.3 is 4.90 Å². The standard InChI is InChI=1S/C21H22N2O2S/c1-14-7-5-11-22(13-14)19-18(17-10-6-12-26-17)20(24)23(21(19)25)16-9-4-3-8-15(16)2/h3-4,6,8-10,12,14H,5,7,11,13H2,1-2H3. The number of benzene rings is 1. The van der Waals surface area contributed by atoms with E-state index in [4.69, 9.17) is 0 Å². The molecule has 26 heavy (non-hydrogen) atoms. The number of likely N-dealkylation sites (tertiary alicyclic amines) is 1. The van der Waals surface area contributed by atoms with Gasteiger partial charge in [-0.3, -0.25) is 9.59 Å². The van der Waals surface area contributed by atoms with E-state index in [-0.39, 0.29) is 11.8 Å². The molecular weight excluding hydrogens is 344 g/mol. The van der Waals surface area contributed by atoms with Crippen LogP contribution >= 0.6 is 11.3 Å². The number of para-hydroxylation sites is 1. The van der Waals surface area contributed by atoms with Gasteiger partial charge in [0.05, 0.1) is 11.3 Å². The Labute approximate surface area is 157 Å². The number of hydrogen-bond donors (Lipinski definition) is 0. The summed E-state index contributed by atoms with van der Waals surface area (Å²) in [6.07, 6.45) is 2.22. The second-order valence-corrected chi connectivity index (χ2v) is 8.07. The average Bonchev–Trinajstić information content (AvgIpc) is 3.22. The van der Waals surface area contributed by atoms with E-state index in [1.807, 2.05) is 48.7 Å². The summed E-state index contributed by atoms with van der Waals surface area (Å²) in [5.74, 6) is 0.123. The molecule has 0 bridgehead atoms. The monoisotopic (exact) mass is 366 g/mol. The van der Waals surface area contributed by atoms with Crippen molar-refractivity contribution in [3.8, 4) is 0 Å². The Kier molecular flexibility index (Phi) is 4.41. The molecule has 0 saturated carbocycles. The Morgan fingerprint density at radius 2 is 1.88 bits per heavy atom. The van der Waals surface area contributed by atoms with E-state index in [1.54, 1.807) is 0 Å². The maximum absolute atomic E-state index is 13.4. The molecule has 1 saturated heterocycles. The van der Waals surface area contributed by atoms with Crippen molar-refractivity contribution >= 4 is 34.4 Å². The minimum Gasteiger partial charge on any atom is -0.366 e. The predicted octanol–water partition coefficient (Wildman–Crippen LogP) is 4.07. The van der Waals surface area contributed by atoms with E-state index in [0.717, 1.165) is 30.0 Å². The molecule has 0 N–H and O–H groups in total. The lowest BCUT2D eigenvalue weighted by atomic mass is 9.99. The zero-order chi connectivity index (χ0) is 18.3. The summed E-state index contributed by atoms with van der Waals surface area (Å²) in [6, 6.07) is 11.4. The van der Waals surface area contributed by atoms with Crippen LogP contribution in [0.3, 0.4) is 0 Å². The van der Waals surface area contributed by atoms with Crippen LogP contribution in [0.4, 0.5) is 5.69 Å². The molecule has 2 aromatic rings. The smallest absolute Gasteiger partial charge is 0.282 e. The third kappa shape index (κ3) is 2.76. The van der Waals surface area contributed by atoms with Crippen LogP contribution in [0, 0.1) is 12.8 Å². The first-order valence-electron chi connectivity index (χ1n) is 9.05. The van der Waals surface area contributed by atoms with Crippen LogP contribution < -0.4 is 4.90 Å². The summed E-state index contributed by atoms with van der Waals surface area (Å²) in [7, 11) is 0. The van der Waals surface area contributed by atoms with Gasteiger partial charge in [-0.2, -0.15) is 0 Å². The zero-order valence-electron chi connectivity index (χ0n) is 15.1. The van der Waals surface area contributed by atoms with Gasteiger partial charge in [-0.25, -0.2) is 4.90 Å². The Morgan fingerprint density at radius 3 is 2.58 bits per heavy atom. The minimum absolute atomic E-state index is 0.193. The van der Waals surface area contributed by atoms with Gasteiger partial charge in [0.2, 0.25) is 0 Å². The van der Waals surface area contributed by atoms with E-state index in [1.165, 1.54) is 22.7 Å². The van der Waals surface area contributed by atoms with E-state index >= 15 is 0 Å². The van der Waals surface area contributed by atoms with E-state index in [2.05, 4.69) is 11.8 Å². The molecule has 1 atom stereocenters. The number of thiophene rings is 1. The Bertz CT molecular complexity index is 885. The number of rotatable bonds is 3. The normalized spacial score (nSPS) is 21.1. The Hall–Kier alpha value is -2.40. The van der Waals surface area contributed by atoms with Gasteiger partial charge in [0, 0.05) is 18.0 Å². The van der Waals surface area contributed by atoms with Crippen LogP contribution in [0.1, 0.15) is 30.2 Å². The quantitative estimate of drug-likeness (QED) is 0.769. The van der Waals surface area contributed by atoms with Crippen molar-refractivity contribution in [1.29, 1.82) is 0 Å². The van der Waals surface area contributed by atoms with Crippen molar-refractivity contribution in [2.75, 3.05) is 18.0 Å². The number of amides is 2. The lowest BCUT2D eigenvalue weighted by molar-refractivity contribution is -0.120. The van der Waals surface area contributed by atoms with Gasteiger partial charge in [-0.05, 0) is 48.8 Å². The van der Waals surface area contributed by atoms with Gasteiger partial charge in [-0.1, -0.05) is 31.2 Å². The zero-order valence-corrected chi connectivity index (χ0v) is 15.9. The van der Waals surface area contributed by atoms with Gasteiger partial charge in [0.25, 0.3) is 11.8 Å². The molecule has 0 aliphatic carbocycles. The fourth-order valence-electron chi connectivity index (χ4n) is 3.88. The van der Waals surface area contributed by atoms with Crippen LogP contribution in [-0.4, -0.2) is 29.8 Å². The maximum atomic E-state index is 13.4. The van der Waals surface area contributed by atoms with Crippen LogP contribution in [0.15, 0.2) is 47.5 Å². The molecule has 2 aliphatic rings. The average molecular weight is 366 g/mol. The number of carbonyl (C=O) groups excluding carboxylic acids is 2. The molecule has 5 heteroatoms. The highest BCUT2D eigenvalue weighted by Crippen LogP contribution is 2.38. The largest absolute Gasteiger partial charge is 0.366 e. The fraction of sp³-hybridized carbons (Fsp3) is 0.333. The minimum atomic E-state index is -0.208. The van der Waals surface area contributed by atoms with Gasteiger partial charge >= 0.3 is 0 Å². The lowest BCUT2D eigenvalue weighted by Crippen LogP contribution is -2.39. The first kappa shape index (κ1) is 17.0. The number of nitrogens with zero attached hydrogens (tertiary/aromatic N) is 2. The number of aryl methyl sites for hydroxylation is 1. The van der Waals surface area contributed by atoms with Crippen LogP contribution in [-0.2, 0) is 9.59 Å². The van der Waals surface area contributed by atoms with Crippen molar-refractivity contribution in [3.05, 3.63) is 57.9 Å². The topological polar surface area (TPSA) is 40.6 Å². The van der Waals surface area contributed by atoms with Gasteiger partial charge in [0.15, 0.2) is 0 Å². The van der Waals surface area contributed by atoms with Gasteiger partial charge in [-0.15, -0.1) is 11.3 Å². The molecule has 4 rings (SSSR count). The molecule has 2 amide bonds. The predicted molar refractivity (Wildman–Crippen MR) is 105 cm³/mol. The molecule has 1 aromatic heterocycles. The molecule has 134 valence electrons. The summed E-state index contributed by atoms with van der Waals surface area (Å²) in [6.45, 7) is 5.79. The van der Waals surface area contributed by atoms with Crippen LogP contribution in [0.25, 0.3) is 5.57 Å². The van der Waals surface area contributed by atoms with E-state index in [0.29, 0.717) is 22.9 Å². The highest BCUT2D eigenvalue weighted by Gasteiger charge is 2.43. The number of imide groups is 1. The van der Waals surface area contributed by atoms with E-state index < -0.39 is 0 Å². The van der Waals surface area contributed by atoms with Crippen molar-refractivity contribution < 1.29 is 9.59 Å². The maximum Gasteiger partial charge on any atom is 0.282 e. The first-order valence-corrected chi connectivity index (χ1v) is 9.93. The Morgan fingerprint density at radius 1 is 1.08 bits per heavy atom. The van der Waals surface area contributed by atoms with Crippen molar-refractivity contribution in [1.82, 2.24) is 4.90 Å². The first-order chi connectivity index (χ1) is 12.6. The Balaban J connectivity index is 1.83. The molecule has 0 spiro atoms. The summed E-state index contributed by atoms with van der Waals surface area (Å²) in [5, 5.41) is 1.95. The van der Waals surface area contributed by atoms with Gasteiger partial charge in [0.1, 0.15) is 5.70 Å². The second kappa shape index (κ2) is 6.72.